The fraction of sp³-hybridized carbons (Fsp3) is 0.250. The van der Waals surface area contributed by atoms with Gasteiger partial charge in [0.25, 0.3) is 5.91 Å². The molecule has 0 aliphatic carbocycles. The van der Waals surface area contributed by atoms with Crippen molar-refractivity contribution in [1.82, 2.24) is 10.2 Å². The Bertz CT molecular complexity index is 847. The molecule has 0 unspecified atom stereocenters. The summed E-state index contributed by atoms with van der Waals surface area (Å²) in [6, 6.07) is 12.9. The summed E-state index contributed by atoms with van der Waals surface area (Å²) < 4.78 is 0.807. The molecule has 0 fully saturated rings. The van der Waals surface area contributed by atoms with Gasteiger partial charge in [-0.3, -0.25) is 14.4 Å². The number of carbonyl (C=O) groups is 3. The van der Waals surface area contributed by atoms with E-state index in [0.29, 0.717) is 5.56 Å². The quantitative estimate of drug-likeness (QED) is 0.626. The van der Waals surface area contributed by atoms with Crippen molar-refractivity contribution < 1.29 is 14.4 Å². The van der Waals surface area contributed by atoms with Gasteiger partial charge in [0, 0.05) is 16.3 Å². The van der Waals surface area contributed by atoms with Gasteiger partial charge in [0.1, 0.15) is 0 Å². The predicted octanol–water partition coefficient (Wildman–Crippen LogP) is 2.73. The van der Waals surface area contributed by atoms with E-state index in [1.54, 1.807) is 12.1 Å². The second-order valence-electron chi connectivity index (χ2n) is 6.23. The summed E-state index contributed by atoms with van der Waals surface area (Å²) in [5, 5.41) is 5.44. The number of likely N-dealkylation sites (N-methyl/N-ethyl adjacent to an activating group) is 1. The highest BCUT2D eigenvalue weighted by Gasteiger charge is 2.16. The third kappa shape index (κ3) is 5.78. The minimum atomic E-state index is -0.342. The molecule has 7 heteroatoms. The number of aryl methyl sites for hydroxylation is 2. The monoisotopic (exact) mass is 479 g/mol. The number of amides is 3. The smallest absolute Gasteiger partial charge is 0.252 e. The number of anilines is 1. The number of halogens is 1. The van der Waals surface area contributed by atoms with Crippen molar-refractivity contribution in [3.63, 3.8) is 0 Å². The molecule has 0 saturated heterocycles. The number of para-hydroxylation sites is 1. The van der Waals surface area contributed by atoms with Crippen molar-refractivity contribution in [1.29, 1.82) is 0 Å². The number of nitrogens with one attached hydrogen (secondary N) is 2. The lowest BCUT2D eigenvalue weighted by Gasteiger charge is -2.18. The fourth-order valence-electron chi connectivity index (χ4n) is 2.53. The second kappa shape index (κ2) is 9.50. The standard InChI is InChI=1S/C20H22IN3O3/c1-13-7-6-8-14(2)19(13)23-17(25)12-24(3)18(26)11-22-20(27)15-9-4-5-10-16(15)21/h4-10H,11-12H2,1-3H3,(H,22,27)(H,23,25). The molecule has 142 valence electrons. The summed E-state index contributed by atoms with van der Waals surface area (Å²) in [5.74, 6) is -0.945. The summed E-state index contributed by atoms with van der Waals surface area (Å²) in [6.45, 7) is 3.57. The first-order valence-electron chi connectivity index (χ1n) is 8.42. The van der Waals surface area contributed by atoms with Crippen molar-refractivity contribution in [2.75, 3.05) is 25.5 Å². The molecule has 6 nitrogen and oxygen atoms in total. The van der Waals surface area contributed by atoms with Crippen LogP contribution in [-0.4, -0.2) is 42.8 Å². The molecule has 3 amide bonds. The SMILES string of the molecule is Cc1cccc(C)c1NC(=O)CN(C)C(=O)CNC(=O)c1ccccc1I. The Morgan fingerprint density at radius 3 is 2.26 bits per heavy atom. The molecule has 0 aromatic heterocycles. The van der Waals surface area contributed by atoms with E-state index < -0.39 is 0 Å². The zero-order valence-corrected chi connectivity index (χ0v) is 17.7. The summed E-state index contributed by atoms with van der Waals surface area (Å²) in [4.78, 5) is 37.9. The lowest BCUT2D eigenvalue weighted by molar-refractivity contribution is -0.132. The Morgan fingerprint density at radius 1 is 1.00 bits per heavy atom. The Hall–Kier alpha value is -2.42. The summed E-state index contributed by atoms with van der Waals surface area (Å²) >= 11 is 2.07. The minimum absolute atomic E-state index is 0.0919. The Kier molecular flexibility index (Phi) is 7.35. The Labute approximate surface area is 172 Å². The summed E-state index contributed by atoms with van der Waals surface area (Å²) in [5.41, 5.74) is 3.20. The molecule has 0 heterocycles. The fourth-order valence-corrected chi connectivity index (χ4v) is 3.16. The van der Waals surface area contributed by atoms with Gasteiger partial charge < -0.3 is 15.5 Å². The van der Waals surface area contributed by atoms with Gasteiger partial charge in [0.2, 0.25) is 11.8 Å². The number of benzene rings is 2. The van der Waals surface area contributed by atoms with Crippen LogP contribution in [-0.2, 0) is 9.59 Å². The van der Waals surface area contributed by atoms with Crippen LogP contribution in [0.1, 0.15) is 21.5 Å². The highest BCUT2D eigenvalue weighted by Crippen LogP contribution is 2.19. The van der Waals surface area contributed by atoms with E-state index in [2.05, 4.69) is 33.2 Å². The summed E-state index contributed by atoms with van der Waals surface area (Å²) in [6.07, 6.45) is 0. The van der Waals surface area contributed by atoms with Gasteiger partial charge in [-0.25, -0.2) is 0 Å². The third-order valence-electron chi connectivity index (χ3n) is 4.07. The Balaban J connectivity index is 1.87. The number of hydrogen-bond donors (Lipinski definition) is 2. The maximum absolute atomic E-state index is 12.2. The van der Waals surface area contributed by atoms with Gasteiger partial charge in [0.05, 0.1) is 18.7 Å². The van der Waals surface area contributed by atoms with E-state index in [-0.39, 0.29) is 30.8 Å². The topological polar surface area (TPSA) is 78.5 Å². The van der Waals surface area contributed by atoms with Crippen LogP contribution in [0.4, 0.5) is 5.69 Å². The zero-order chi connectivity index (χ0) is 20.0. The molecule has 0 spiro atoms. The molecule has 27 heavy (non-hydrogen) atoms. The van der Waals surface area contributed by atoms with Gasteiger partial charge >= 0.3 is 0 Å². The molecule has 0 atom stereocenters. The van der Waals surface area contributed by atoms with Crippen LogP contribution < -0.4 is 10.6 Å². The molecular weight excluding hydrogens is 457 g/mol. The van der Waals surface area contributed by atoms with Gasteiger partial charge in [-0.2, -0.15) is 0 Å². The first-order chi connectivity index (χ1) is 12.8. The highest BCUT2D eigenvalue weighted by atomic mass is 127. The zero-order valence-electron chi connectivity index (χ0n) is 15.5. The molecule has 2 aromatic carbocycles. The first-order valence-corrected chi connectivity index (χ1v) is 9.50. The normalized spacial score (nSPS) is 10.2. The van der Waals surface area contributed by atoms with Crippen LogP contribution in [0.2, 0.25) is 0 Å². The van der Waals surface area contributed by atoms with Crippen molar-refractivity contribution in [3.05, 3.63) is 62.7 Å². The average molecular weight is 479 g/mol. The molecule has 0 aliphatic rings. The lowest BCUT2D eigenvalue weighted by Crippen LogP contribution is -2.41. The second-order valence-corrected chi connectivity index (χ2v) is 7.39. The van der Waals surface area contributed by atoms with Crippen molar-refractivity contribution in [2.45, 2.75) is 13.8 Å². The number of carbonyl (C=O) groups excluding carboxylic acids is 3. The van der Waals surface area contributed by atoms with Crippen molar-refractivity contribution >= 4 is 46.0 Å². The molecule has 2 N–H and O–H groups in total. The number of nitrogens with zero attached hydrogens (tertiary/aromatic N) is 1. The molecule has 2 aromatic rings. The van der Waals surface area contributed by atoms with E-state index >= 15 is 0 Å². The van der Waals surface area contributed by atoms with Crippen molar-refractivity contribution in [2.24, 2.45) is 0 Å². The average Bonchev–Trinajstić information content (AvgIpc) is 2.63. The van der Waals surface area contributed by atoms with Crippen LogP contribution in [0, 0.1) is 17.4 Å². The van der Waals surface area contributed by atoms with E-state index in [4.69, 9.17) is 0 Å². The van der Waals surface area contributed by atoms with Gasteiger partial charge in [0.15, 0.2) is 0 Å². The minimum Gasteiger partial charge on any atom is -0.343 e. The van der Waals surface area contributed by atoms with Gasteiger partial charge in [-0.1, -0.05) is 30.3 Å². The van der Waals surface area contributed by atoms with Crippen LogP contribution in [0.3, 0.4) is 0 Å². The maximum Gasteiger partial charge on any atom is 0.252 e. The van der Waals surface area contributed by atoms with E-state index in [1.807, 2.05) is 44.2 Å². The summed E-state index contributed by atoms with van der Waals surface area (Å²) in [7, 11) is 1.53. The van der Waals surface area contributed by atoms with Crippen LogP contribution in [0.15, 0.2) is 42.5 Å². The molecule has 2 rings (SSSR count). The number of rotatable bonds is 6. The largest absolute Gasteiger partial charge is 0.343 e. The molecular formula is C20H22IN3O3. The molecule has 0 radical (unpaired) electrons. The van der Waals surface area contributed by atoms with E-state index in [9.17, 15) is 14.4 Å². The molecule has 0 aliphatic heterocycles. The third-order valence-corrected chi connectivity index (χ3v) is 5.01. The Morgan fingerprint density at radius 2 is 1.63 bits per heavy atom. The van der Waals surface area contributed by atoms with Crippen LogP contribution >= 0.6 is 22.6 Å². The highest BCUT2D eigenvalue weighted by molar-refractivity contribution is 14.1. The van der Waals surface area contributed by atoms with Gasteiger partial charge in [-0.15, -0.1) is 0 Å². The predicted molar refractivity (Wildman–Crippen MR) is 114 cm³/mol. The van der Waals surface area contributed by atoms with Crippen molar-refractivity contribution in [3.8, 4) is 0 Å². The van der Waals surface area contributed by atoms with E-state index in [1.165, 1.54) is 11.9 Å². The maximum atomic E-state index is 12.2. The van der Waals surface area contributed by atoms with Crippen LogP contribution in [0.5, 0.6) is 0 Å². The molecule has 0 saturated carbocycles. The van der Waals surface area contributed by atoms with Crippen LogP contribution in [0.25, 0.3) is 0 Å². The van der Waals surface area contributed by atoms with Gasteiger partial charge in [-0.05, 0) is 59.7 Å². The van der Waals surface area contributed by atoms with E-state index in [0.717, 1.165) is 20.4 Å². The molecule has 0 bridgehead atoms. The first kappa shape index (κ1) is 20.9. The number of hydrogen-bond acceptors (Lipinski definition) is 3. The lowest BCUT2D eigenvalue weighted by atomic mass is 10.1.